The molecule has 1 N–H and O–H groups in total. The van der Waals surface area contributed by atoms with Crippen LogP contribution in [-0.2, 0) is 16.1 Å². The lowest BCUT2D eigenvalue weighted by Crippen LogP contribution is -2.44. The van der Waals surface area contributed by atoms with Crippen molar-refractivity contribution in [2.24, 2.45) is 11.3 Å². The van der Waals surface area contributed by atoms with Crippen molar-refractivity contribution < 1.29 is 19.1 Å². The maximum absolute atomic E-state index is 14.4. The highest BCUT2D eigenvalue weighted by atomic mass is 19.1. The minimum atomic E-state index is -0.837. The zero-order valence-corrected chi connectivity index (χ0v) is 15.8. The average molecular weight is 374 g/mol. The summed E-state index contributed by atoms with van der Waals surface area (Å²) in [7, 11) is 0. The SMILES string of the molecule is Cc1cccc(CN2CC3(CCN(C(=O)C4CC4)CC3)C[C@H]2C(=O)O)c1F. The molecule has 4 rings (SSSR count). The van der Waals surface area contributed by atoms with Crippen molar-refractivity contribution in [1.82, 2.24) is 9.80 Å². The predicted molar refractivity (Wildman–Crippen MR) is 98.6 cm³/mol. The van der Waals surface area contributed by atoms with Crippen LogP contribution in [-0.4, -0.2) is 52.5 Å². The standard InChI is InChI=1S/C21H27FN2O3/c1-14-3-2-4-16(18(14)22)12-24-13-21(11-17(24)20(26)27)7-9-23(10-8-21)19(25)15-5-6-15/h2-4,15,17H,5-13H2,1H3,(H,26,27)/t17-/m0/s1. The molecule has 1 aliphatic carbocycles. The number of halogens is 1. The predicted octanol–water partition coefficient (Wildman–Crippen LogP) is 2.81. The summed E-state index contributed by atoms with van der Waals surface area (Å²) in [5, 5.41) is 9.72. The average Bonchev–Trinajstić information content (AvgIpc) is 3.43. The molecule has 0 unspecified atom stereocenters. The van der Waals surface area contributed by atoms with E-state index in [2.05, 4.69) is 0 Å². The van der Waals surface area contributed by atoms with E-state index in [1.807, 2.05) is 15.9 Å². The molecule has 0 aromatic heterocycles. The van der Waals surface area contributed by atoms with Gasteiger partial charge in [-0.2, -0.15) is 0 Å². The van der Waals surface area contributed by atoms with E-state index in [4.69, 9.17) is 0 Å². The van der Waals surface area contributed by atoms with Gasteiger partial charge in [0.2, 0.25) is 5.91 Å². The minimum Gasteiger partial charge on any atom is -0.480 e. The third-order valence-corrected chi connectivity index (χ3v) is 6.60. The van der Waals surface area contributed by atoms with Crippen molar-refractivity contribution >= 4 is 11.9 Å². The van der Waals surface area contributed by atoms with Crippen LogP contribution in [0.15, 0.2) is 18.2 Å². The molecule has 2 aliphatic heterocycles. The van der Waals surface area contributed by atoms with Crippen LogP contribution >= 0.6 is 0 Å². The Balaban J connectivity index is 1.46. The number of nitrogens with zero attached hydrogens (tertiary/aromatic N) is 2. The molecular weight excluding hydrogens is 347 g/mol. The first kappa shape index (κ1) is 18.4. The summed E-state index contributed by atoms with van der Waals surface area (Å²) < 4.78 is 14.4. The van der Waals surface area contributed by atoms with Crippen molar-refractivity contribution in [3.63, 3.8) is 0 Å². The topological polar surface area (TPSA) is 60.9 Å². The maximum atomic E-state index is 14.4. The van der Waals surface area contributed by atoms with E-state index in [0.29, 0.717) is 43.7 Å². The monoisotopic (exact) mass is 374 g/mol. The number of carboxylic acids is 1. The van der Waals surface area contributed by atoms with Gasteiger partial charge < -0.3 is 10.0 Å². The van der Waals surface area contributed by atoms with Crippen LogP contribution in [0.5, 0.6) is 0 Å². The van der Waals surface area contributed by atoms with Crippen molar-refractivity contribution in [2.75, 3.05) is 19.6 Å². The third kappa shape index (κ3) is 3.59. The zero-order valence-electron chi connectivity index (χ0n) is 15.8. The van der Waals surface area contributed by atoms with Crippen LogP contribution in [0.1, 0.15) is 43.2 Å². The molecule has 3 fully saturated rings. The summed E-state index contributed by atoms with van der Waals surface area (Å²) >= 11 is 0. The highest BCUT2D eigenvalue weighted by Gasteiger charge is 2.49. The van der Waals surface area contributed by atoms with Crippen molar-refractivity contribution in [2.45, 2.75) is 51.6 Å². The van der Waals surface area contributed by atoms with Gasteiger partial charge in [-0.15, -0.1) is 0 Å². The smallest absolute Gasteiger partial charge is 0.320 e. The van der Waals surface area contributed by atoms with Crippen LogP contribution in [0.25, 0.3) is 0 Å². The summed E-state index contributed by atoms with van der Waals surface area (Å²) in [6, 6.07) is 4.70. The largest absolute Gasteiger partial charge is 0.480 e. The molecule has 0 bridgehead atoms. The van der Waals surface area contributed by atoms with E-state index >= 15 is 0 Å². The van der Waals surface area contributed by atoms with Gasteiger partial charge >= 0.3 is 5.97 Å². The lowest BCUT2D eigenvalue weighted by atomic mass is 9.76. The molecule has 5 nitrogen and oxygen atoms in total. The number of aryl methyl sites for hydroxylation is 1. The molecule has 146 valence electrons. The Morgan fingerprint density at radius 1 is 1.26 bits per heavy atom. The second-order valence-corrected chi connectivity index (χ2v) is 8.61. The first-order valence-corrected chi connectivity index (χ1v) is 9.88. The summed E-state index contributed by atoms with van der Waals surface area (Å²) in [5.41, 5.74) is 1.06. The van der Waals surface area contributed by atoms with Gasteiger partial charge in [0, 0.05) is 37.7 Å². The molecule has 0 radical (unpaired) electrons. The normalized spacial score (nSPS) is 25.1. The number of hydrogen-bond donors (Lipinski definition) is 1. The Labute approximate surface area is 159 Å². The quantitative estimate of drug-likeness (QED) is 0.880. The number of likely N-dealkylation sites (tertiary alicyclic amines) is 2. The van der Waals surface area contributed by atoms with Gasteiger partial charge in [0.1, 0.15) is 11.9 Å². The van der Waals surface area contributed by atoms with E-state index in [1.165, 1.54) is 0 Å². The summed E-state index contributed by atoms with van der Waals surface area (Å²) in [6.07, 6.45) is 4.28. The molecule has 2 saturated heterocycles. The number of aliphatic carboxylic acids is 1. The summed E-state index contributed by atoms with van der Waals surface area (Å²) in [5.74, 6) is -0.574. The number of piperidine rings is 1. The number of carbonyl (C=O) groups is 2. The Bertz CT molecular complexity index is 754. The van der Waals surface area contributed by atoms with Crippen LogP contribution < -0.4 is 0 Å². The number of hydrogen-bond acceptors (Lipinski definition) is 3. The molecule has 1 saturated carbocycles. The Morgan fingerprint density at radius 3 is 2.59 bits per heavy atom. The number of carboxylic acid groups (broad SMARTS) is 1. The van der Waals surface area contributed by atoms with Gasteiger partial charge in [-0.25, -0.2) is 4.39 Å². The molecule has 6 heteroatoms. The van der Waals surface area contributed by atoms with Gasteiger partial charge in [0.25, 0.3) is 0 Å². The van der Waals surface area contributed by atoms with Gasteiger partial charge in [-0.05, 0) is 50.0 Å². The fourth-order valence-electron chi connectivity index (χ4n) is 4.76. The van der Waals surface area contributed by atoms with Crippen LogP contribution in [0, 0.1) is 24.1 Å². The third-order valence-electron chi connectivity index (χ3n) is 6.60. The van der Waals surface area contributed by atoms with Gasteiger partial charge in [0.15, 0.2) is 0 Å². The molecule has 1 amide bonds. The highest BCUT2D eigenvalue weighted by molar-refractivity contribution is 5.81. The molecule has 1 spiro atoms. The summed E-state index contributed by atoms with van der Waals surface area (Å²) in [4.78, 5) is 28.0. The fourth-order valence-corrected chi connectivity index (χ4v) is 4.76. The number of amides is 1. The van der Waals surface area contributed by atoms with Crippen molar-refractivity contribution in [3.05, 3.63) is 35.1 Å². The maximum Gasteiger partial charge on any atom is 0.320 e. The van der Waals surface area contributed by atoms with E-state index in [-0.39, 0.29) is 23.1 Å². The zero-order chi connectivity index (χ0) is 19.2. The van der Waals surface area contributed by atoms with E-state index in [1.54, 1.807) is 19.1 Å². The molecule has 3 aliphatic rings. The number of benzene rings is 1. The van der Waals surface area contributed by atoms with Crippen LogP contribution in [0.4, 0.5) is 4.39 Å². The van der Waals surface area contributed by atoms with E-state index in [9.17, 15) is 19.1 Å². The Morgan fingerprint density at radius 2 is 1.96 bits per heavy atom. The fraction of sp³-hybridized carbons (Fsp3) is 0.619. The highest BCUT2D eigenvalue weighted by Crippen LogP contribution is 2.45. The van der Waals surface area contributed by atoms with Crippen molar-refractivity contribution in [3.8, 4) is 0 Å². The first-order valence-electron chi connectivity index (χ1n) is 9.88. The lowest BCUT2D eigenvalue weighted by molar-refractivity contribution is -0.142. The summed E-state index contributed by atoms with van der Waals surface area (Å²) in [6.45, 7) is 4.13. The van der Waals surface area contributed by atoms with Gasteiger partial charge in [-0.3, -0.25) is 14.5 Å². The van der Waals surface area contributed by atoms with E-state index in [0.717, 1.165) is 25.7 Å². The second-order valence-electron chi connectivity index (χ2n) is 8.61. The Kier molecular flexibility index (Phi) is 4.70. The molecule has 27 heavy (non-hydrogen) atoms. The van der Waals surface area contributed by atoms with Crippen LogP contribution in [0.2, 0.25) is 0 Å². The first-order chi connectivity index (χ1) is 12.9. The van der Waals surface area contributed by atoms with Crippen molar-refractivity contribution in [1.29, 1.82) is 0 Å². The molecule has 1 atom stereocenters. The Hall–Kier alpha value is -1.95. The molecular formula is C21H27FN2O3. The van der Waals surface area contributed by atoms with Gasteiger partial charge in [-0.1, -0.05) is 18.2 Å². The molecule has 1 aromatic carbocycles. The van der Waals surface area contributed by atoms with Crippen LogP contribution in [0.3, 0.4) is 0 Å². The second kappa shape index (κ2) is 6.89. The minimum absolute atomic E-state index is 0.0797. The molecule has 2 heterocycles. The molecule has 1 aromatic rings. The van der Waals surface area contributed by atoms with Gasteiger partial charge in [0.05, 0.1) is 0 Å². The number of rotatable bonds is 4. The number of carbonyl (C=O) groups excluding carboxylic acids is 1. The lowest BCUT2D eigenvalue weighted by Gasteiger charge is -2.39. The van der Waals surface area contributed by atoms with E-state index < -0.39 is 12.0 Å².